The monoisotopic (exact) mass is 618 g/mol. The Morgan fingerprint density at radius 1 is 0.561 bits per heavy atom. The third-order valence-electron chi connectivity index (χ3n) is 6.47. The van der Waals surface area contributed by atoms with Crippen LogP contribution in [0.15, 0.2) is 121 Å². The van der Waals surface area contributed by atoms with Gasteiger partial charge in [-0.3, -0.25) is 4.79 Å². The number of carbonyl (C=O) groups excluding carboxylic acids is 1. The van der Waals surface area contributed by atoms with Crippen molar-refractivity contribution in [1.29, 1.82) is 0 Å². The van der Waals surface area contributed by atoms with E-state index >= 15 is 0 Å². The summed E-state index contributed by atoms with van der Waals surface area (Å²) >= 11 is 3.13. The first-order chi connectivity index (χ1) is 20.1. The van der Waals surface area contributed by atoms with Crippen LogP contribution in [0.4, 0.5) is 0 Å². The second kappa shape index (κ2) is 16.9. The second-order valence-corrected chi connectivity index (χ2v) is 10.4. The predicted octanol–water partition coefficient (Wildman–Crippen LogP) is 6.24. The quantitative estimate of drug-likeness (QED) is 0.141. The molecule has 0 bridgehead atoms. The molecule has 4 aromatic rings. The van der Waals surface area contributed by atoms with Crippen LogP contribution >= 0.6 is 15.9 Å². The van der Waals surface area contributed by atoms with Crippen LogP contribution in [0.2, 0.25) is 0 Å². The molecule has 0 radical (unpaired) electrons. The molecule has 7 heteroatoms. The number of aliphatic hydroxyl groups excluding tert-OH is 1. The fraction of sp³-hybridized carbons (Fsp3) is 0.265. The highest BCUT2D eigenvalue weighted by Gasteiger charge is 2.40. The normalized spacial score (nSPS) is 14.2. The SMILES string of the molecule is O=C(Br)[C@H](OCc1ccccc1)[C@@H](OCc1ccccc1)[C@H](OCc1ccccc1)[C@H](O)COCc1ccccc1. The van der Waals surface area contributed by atoms with Crippen LogP contribution in [-0.4, -0.2) is 40.8 Å². The zero-order valence-corrected chi connectivity index (χ0v) is 24.3. The molecule has 6 nitrogen and oxygen atoms in total. The summed E-state index contributed by atoms with van der Waals surface area (Å²) in [7, 11) is 0. The van der Waals surface area contributed by atoms with Crippen molar-refractivity contribution in [1.82, 2.24) is 0 Å². The molecule has 214 valence electrons. The van der Waals surface area contributed by atoms with E-state index in [4.69, 9.17) is 18.9 Å². The van der Waals surface area contributed by atoms with E-state index in [1.165, 1.54) is 0 Å². The van der Waals surface area contributed by atoms with Gasteiger partial charge < -0.3 is 24.1 Å². The smallest absolute Gasteiger partial charge is 0.229 e. The van der Waals surface area contributed by atoms with Crippen LogP contribution in [0, 0.1) is 0 Å². The molecule has 41 heavy (non-hydrogen) atoms. The van der Waals surface area contributed by atoms with E-state index in [1.807, 2.05) is 121 Å². The molecule has 4 rings (SSSR count). The Balaban J connectivity index is 1.57. The third-order valence-corrected chi connectivity index (χ3v) is 6.92. The van der Waals surface area contributed by atoms with E-state index in [9.17, 15) is 9.90 Å². The molecule has 0 saturated heterocycles. The van der Waals surface area contributed by atoms with Crippen LogP contribution in [0.3, 0.4) is 0 Å². The first-order valence-electron chi connectivity index (χ1n) is 13.6. The first-order valence-corrected chi connectivity index (χ1v) is 14.3. The lowest BCUT2D eigenvalue weighted by atomic mass is 10.0. The fourth-order valence-electron chi connectivity index (χ4n) is 4.33. The van der Waals surface area contributed by atoms with Gasteiger partial charge in [-0.1, -0.05) is 121 Å². The zero-order chi connectivity index (χ0) is 28.7. The van der Waals surface area contributed by atoms with Crippen molar-refractivity contribution in [2.24, 2.45) is 0 Å². The Morgan fingerprint density at radius 3 is 1.34 bits per heavy atom. The molecule has 0 aliphatic carbocycles. The van der Waals surface area contributed by atoms with Gasteiger partial charge in [0.15, 0.2) is 6.10 Å². The van der Waals surface area contributed by atoms with Gasteiger partial charge in [0.05, 0.1) is 33.0 Å². The molecule has 0 aliphatic heterocycles. The molecule has 1 N–H and O–H groups in total. The van der Waals surface area contributed by atoms with E-state index in [0.29, 0.717) is 6.61 Å². The standard InChI is InChI=1S/C34H35BrO6/c35-34(37)33(41-24-29-19-11-4-12-20-29)32(40-23-28-17-9-3-10-18-28)31(39-22-27-15-7-2-8-16-27)30(36)25-38-21-26-13-5-1-6-14-26/h1-20,30-33,36H,21-25H2/t30-,31-,32+,33-/m1/s1. The maximum atomic E-state index is 13.0. The Labute approximate surface area is 250 Å². The molecule has 0 spiro atoms. The Morgan fingerprint density at radius 2 is 0.927 bits per heavy atom. The third kappa shape index (κ3) is 10.3. The lowest BCUT2D eigenvalue weighted by Gasteiger charge is -2.34. The van der Waals surface area contributed by atoms with Gasteiger partial charge in [-0.05, 0) is 38.2 Å². The lowest BCUT2D eigenvalue weighted by molar-refractivity contribution is -0.186. The Bertz CT molecular complexity index is 1270. The number of rotatable bonds is 17. The van der Waals surface area contributed by atoms with Gasteiger partial charge in [-0.25, -0.2) is 0 Å². The molecular weight excluding hydrogens is 584 g/mol. The van der Waals surface area contributed by atoms with E-state index < -0.39 is 29.1 Å². The van der Waals surface area contributed by atoms with Crippen molar-refractivity contribution in [3.8, 4) is 0 Å². The number of ether oxygens (including phenoxy) is 4. The molecule has 0 aliphatic rings. The summed E-state index contributed by atoms with van der Waals surface area (Å²) in [6, 6.07) is 38.6. The number of aliphatic hydroxyl groups is 1. The number of halogens is 1. The Kier molecular flexibility index (Phi) is 12.7. The van der Waals surface area contributed by atoms with E-state index in [-0.39, 0.29) is 26.4 Å². The van der Waals surface area contributed by atoms with E-state index in [1.54, 1.807) is 0 Å². The minimum absolute atomic E-state index is 0.0264. The van der Waals surface area contributed by atoms with Gasteiger partial charge in [0.1, 0.15) is 18.3 Å². The summed E-state index contributed by atoms with van der Waals surface area (Å²) in [6.45, 7) is 0.875. The Hall–Kier alpha value is -3.17. The van der Waals surface area contributed by atoms with Crippen molar-refractivity contribution < 1.29 is 28.8 Å². The lowest BCUT2D eigenvalue weighted by Crippen LogP contribution is -2.51. The first kappa shape index (κ1) is 30.8. The molecular formula is C34H35BrO6. The molecule has 0 heterocycles. The largest absolute Gasteiger partial charge is 0.388 e. The zero-order valence-electron chi connectivity index (χ0n) is 22.8. The van der Waals surface area contributed by atoms with Crippen LogP contribution in [0.25, 0.3) is 0 Å². The summed E-state index contributed by atoms with van der Waals surface area (Å²) in [4.78, 5) is 13.0. The topological polar surface area (TPSA) is 74.2 Å². The minimum atomic E-state index is -1.11. The van der Waals surface area contributed by atoms with Crippen molar-refractivity contribution in [2.45, 2.75) is 50.8 Å². The van der Waals surface area contributed by atoms with Gasteiger partial charge in [0.25, 0.3) is 0 Å². The highest BCUT2D eigenvalue weighted by molar-refractivity contribution is 9.18. The summed E-state index contributed by atoms with van der Waals surface area (Å²) in [5.41, 5.74) is 3.72. The van der Waals surface area contributed by atoms with Crippen molar-refractivity contribution in [3.63, 3.8) is 0 Å². The minimum Gasteiger partial charge on any atom is -0.388 e. The van der Waals surface area contributed by atoms with Crippen molar-refractivity contribution in [3.05, 3.63) is 144 Å². The number of benzene rings is 4. The van der Waals surface area contributed by atoms with Crippen molar-refractivity contribution >= 4 is 20.6 Å². The van der Waals surface area contributed by atoms with Crippen LogP contribution < -0.4 is 0 Å². The highest BCUT2D eigenvalue weighted by Crippen LogP contribution is 2.23. The fourth-order valence-corrected chi connectivity index (χ4v) is 4.72. The molecule has 0 amide bonds. The number of hydrogen-bond donors (Lipinski definition) is 1. The molecule has 0 fully saturated rings. The average Bonchev–Trinajstić information content (AvgIpc) is 3.01. The summed E-state index contributed by atoms with van der Waals surface area (Å²) in [5.74, 6) is 0. The average molecular weight is 620 g/mol. The van der Waals surface area contributed by atoms with Crippen LogP contribution in [-0.2, 0) is 50.2 Å². The van der Waals surface area contributed by atoms with Crippen molar-refractivity contribution in [2.75, 3.05) is 6.61 Å². The predicted molar refractivity (Wildman–Crippen MR) is 161 cm³/mol. The van der Waals surface area contributed by atoms with Gasteiger partial charge in [0.2, 0.25) is 4.69 Å². The van der Waals surface area contributed by atoms with Gasteiger partial charge in [0, 0.05) is 0 Å². The molecule has 0 aromatic heterocycles. The van der Waals surface area contributed by atoms with Gasteiger partial charge in [-0.2, -0.15) is 0 Å². The molecule has 0 unspecified atom stereocenters. The van der Waals surface area contributed by atoms with Crippen LogP contribution in [0.5, 0.6) is 0 Å². The van der Waals surface area contributed by atoms with E-state index in [2.05, 4.69) is 15.9 Å². The number of hydrogen-bond acceptors (Lipinski definition) is 6. The molecule has 4 atom stereocenters. The van der Waals surface area contributed by atoms with E-state index in [0.717, 1.165) is 22.3 Å². The van der Waals surface area contributed by atoms with Crippen LogP contribution in [0.1, 0.15) is 22.3 Å². The molecule has 4 aromatic carbocycles. The maximum Gasteiger partial charge on any atom is 0.229 e. The molecule has 0 saturated carbocycles. The van der Waals surface area contributed by atoms with Gasteiger partial charge in [-0.15, -0.1) is 0 Å². The highest BCUT2D eigenvalue weighted by atomic mass is 79.9. The summed E-state index contributed by atoms with van der Waals surface area (Å²) < 4.78 is 24.3. The maximum absolute atomic E-state index is 13.0. The summed E-state index contributed by atoms with van der Waals surface area (Å²) in [6.07, 6.45) is -4.08. The second-order valence-electron chi connectivity index (χ2n) is 9.61. The van der Waals surface area contributed by atoms with Gasteiger partial charge >= 0.3 is 0 Å². The number of carbonyl (C=O) groups is 1. The summed E-state index contributed by atoms with van der Waals surface area (Å²) in [5, 5.41) is 11.4.